The van der Waals surface area contributed by atoms with Gasteiger partial charge in [-0.2, -0.15) is 0 Å². The molecule has 2 N–H and O–H groups in total. The van der Waals surface area contributed by atoms with Gasteiger partial charge in [0.15, 0.2) is 5.96 Å². The van der Waals surface area contributed by atoms with Crippen LogP contribution in [0, 0.1) is 5.92 Å². The van der Waals surface area contributed by atoms with E-state index in [1.807, 2.05) is 4.90 Å². The highest BCUT2D eigenvalue weighted by Gasteiger charge is 2.21. The first-order valence-corrected chi connectivity index (χ1v) is 8.75. The van der Waals surface area contributed by atoms with E-state index in [4.69, 9.17) is 0 Å². The molecule has 2 heterocycles. The number of carbonyl (C=O) groups is 1. The first kappa shape index (κ1) is 16.8. The maximum absolute atomic E-state index is 12.3. The van der Waals surface area contributed by atoms with Crippen LogP contribution in [0.25, 0.3) is 0 Å². The van der Waals surface area contributed by atoms with Crippen LogP contribution in [0.2, 0.25) is 0 Å². The van der Waals surface area contributed by atoms with E-state index in [1.165, 1.54) is 10.4 Å². The standard InChI is InChI=1S/C16H26N4OS/c1-12(2)4-7-18-16(17-3)19-10-15(21)20-8-5-14-13(11-20)6-9-22-14/h6,9,12H,4-5,7-8,10-11H2,1-3H3,(H2,17,18,19). The molecule has 1 aliphatic heterocycles. The van der Waals surface area contributed by atoms with E-state index in [9.17, 15) is 4.79 Å². The van der Waals surface area contributed by atoms with Crippen LogP contribution in [0.3, 0.4) is 0 Å². The Labute approximate surface area is 136 Å². The molecule has 0 aliphatic carbocycles. The van der Waals surface area contributed by atoms with Gasteiger partial charge in [0.2, 0.25) is 5.91 Å². The molecule has 6 heteroatoms. The summed E-state index contributed by atoms with van der Waals surface area (Å²) >= 11 is 1.79. The lowest BCUT2D eigenvalue weighted by Crippen LogP contribution is -2.46. The van der Waals surface area contributed by atoms with Gasteiger partial charge in [0.1, 0.15) is 0 Å². The molecule has 1 aromatic rings. The molecule has 0 fully saturated rings. The number of hydrogen-bond donors (Lipinski definition) is 2. The molecule has 0 bridgehead atoms. The third-order valence-corrected chi connectivity index (χ3v) is 4.83. The van der Waals surface area contributed by atoms with Crippen molar-refractivity contribution in [3.05, 3.63) is 21.9 Å². The van der Waals surface area contributed by atoms with Gasteiger partial charge in [-0.1, -0.05) is 13.8 Å². The minimum absolute atomic E-state index is 0.128. The van der Waals surface area contributed by atoms with E-state index in [2.05, 4.69) is 40.9 Å². The fourth-order valence-corrected chi connectivity index (χ4v) is 3.32. The van der Waals surface area contributed by atoms with Gasteiger partial charge in [0.25, 0.3) is 0 Å². The smallest absolute Gasteiger partial charge is 0.242 e. The lowest BCUT2D eigenvalue weighted by molar-refractivity contribution is -0.130. The fraction of sp³-hybridized carbons (Fsp3) is 0.625. The number of rotatable bonds is 5. The highest BCUT2D eigenvalue weighted by molar-refractivity contribution is 7.10. The van der Waals surface area contributed by atoms with Crippen LogP contribution in [0.4, 0.5) is 0 Å². The van der Waals surface area contributed by atoms with Crippen molar-refractivity contribution >= 4 is 23.2 Å². The van der Waals surface area contributed by atoms with Crippen LogP contribution in [0.1, 0.15) is 30.7 Å². The van der Waals surface area contributed by atoms with Crippen molar-refractivity contribution in [2.75, 3.05) is 26.7 Å². The fourth-order valence-electron chi connectivity index (χ4n) is 2.43. The van der Waals surface area contributed by atoms with Crippen molar-refractivity contribution < 1.29 is 4.79 Å². The van der Waals surface area contributed by atoms with Gasteiger partial charge in [-0.25, -0.2) is 0 Å². The van der Waals surface area contributed by atoms with Gasteiger partial charge in [-0.3, -0.25) is 9.79 Å². The van der Waals surface area contributed by atoms with Crippen molar-refractivity contribution in [2.24, 2.45) is 10.9 Å². The van der Waals surface area contributed by atoms with Crippen LogP contribution >= 0.6 is 11.3 Å². The van der Waals surface area contributed by atoms with Crippen LogP contribution < -0.4 is 10.6 Å². The summed E-state index contributed by atoms with van der Waals surface area (Å²) in [6, 6.07) is 2.12. The summed E-state index contributed by atoms with van der Waals surface area (Å²) in [4.78, 5) is 19.8. The number of nitrogens with one attached hydrogen (secondary N) is 2. The second-order valence-corrected chi connectivity index (χ2v) is 6.97. The first-order valence-electron chi connectivity index (χ1n) is 7.87. The molecule has 0 spiro atoms. The molecule has 122 valence electrons. The number of fused-ring (bicyclic) bond motifs is 1. The number of thiophene rings is 1. The van der Waals surface area contributed by atoms with Gasteiger partial charge < -0.3 is 15.5 Å². The molecule has 0 saturated carbocycles. The van der Waals surface area contributed by atoms with Crippen molar-refractivity contribution in [1.82, 2.24) is 15.5 Å². The Morgan fingerprint density at radius 2 is 2.27 bits per heavy atom. The second kappa shape index (κ2) is 8.17. The molecular formula is C16H26N4OS. The number of carbonyl (C=O) groups excluding carboxylic acids is 1. The lowest BCUT2D eigenvalue weighted by Gasteiger charge is -2.27. The van der Waals surface area contributed by atoms with Crippen LogP contribution in [0.15, 0.2) is 16.4 Å². The summed E-state index contributed by atoms with van der Waals surface area (Å²) in [5.41, 5.74) is 1.30. The molecule has 22 heavy (non-hydrogen) atoms. The van der Waals surface area contributed by atoms with Crippen molar-refractivity contribution in [1.29, 1.82) is 0 Å². The number of hydrogen-bond acceptors (Lipinski definition) is 3. The Balaban J connectivity index is 1.75. The first-order chi connectivity index (χ1) is 10.6. The van der Waals surface area contributed by atoms with E-state index in [1.54, 1.807) is 18.4 Å². The van der Waals surface area contributed by atoms with E-state index >= 15 is 0 Å². The number of amides is 1. The highest BCUT2D eigenvalue weighted by Crippen LogP contribution is 2.23. The summed E-state index contributed by atoms with van der Waals surface area (Å²) in [6.07, 6.45) is 2.06. The normalized spacial score (nSPS) is 14.9. The number of guanidine groups is 1. The minimum Gasteiger partial charge on any atom is -0.356 e. The number of aliphatic imine (C=N–C) groups is 1. The summed E-state index contributed by atoms with van der Waals surface area (Å²) in [5, 5.41) is 8.46. The van der Waals surface area contributed by atoms with Crippen LogP contribution in [0.5, 0.6) is 0 Å². The van der Waals surface area contributed by atoms with Gasteiger partial charge in [0.05, 0.1) is 6.54 Å². The zero-order valence-electron chi connectivity index (χ0n) is 13.7. The van der Waals surface area contributed by atoms with Gasteiger partial charge in [0, 0.05) is 31.6 Å². The summed E-state index contributed by atoms with van der Waals surface area (Å²) in [7, 11) is 1.73. The van der Waals surface area contributed by atoms with Gasteiger partial charge in [-0.15, -0.1) is 11.3 Å². The van der Waals surface area contributed by atoms with Crippen molar-refractivity contribution in [3.8, 4) is 0 Å². The van der Waals surface area contributed by atoms with Crippen molar-refractivity contribution in [2.45, 2.75) is 33.2 Å². The third kappa shape index (κ3) is 4.73. The van der Waals surface area contributed by atoms with Crippen LogP contribution in [-0.2, 0) is 17.8 Å². The molecule has 0 atom stereocenters. The third-order valence-electron chi connectivity index (χ3n) is 3.81. The topological polar surface area (TPSA) is 56.7 Å². The maximum atomic E-state index is 12.3. The monoisotopic (exact) mass is 322 g/mol. The average molecular weight is 322 g/mol. The largest absolute Gasteiger partial charge is 0.356 e. The Morgan fingerprint density at radius 1 is 1.45 bits per heavy atom. The molecule has 1 aliphatic rings. The zero-order chi connectivity index (χ0) is 15.9. The molecular weight excluding hydrogens is 296 g/mol. The molecule has 1 aromatic heterocycles. The average Bonchev–Trinajstić information content (AvgIpc) is 2.97. The molecule has 1 amide bonds. The summed E-state index contributed by atoms with van der Waals surface area (Å²) in [6.45, 7) is 7.09. The molecule has 0 radical (unpaired) electrons. The van der Waals surface area contributed by atoms with E-state index in [-0.39, 0.29) is 5.91 Å². The predicted molar refractivity (Wildman–Crippen MR) is 92.3 cm³/mol. The Kier molecular flexibility index (Phi) is 6.24. The van der Waals surface area contributed by atoms with Crippen LogP contribution in [-0.4, -0.2) is 43.4 Å². The Morgan fingerprint density at radius 3 is 3.00 bits per heavy atom. The van der Waals surface area contributed by atoms with E-state index in [0.29, 0.717) is 18.4 Å². The van der Waals surface area contributed by atoms with Gasteiger partial charge >= 0.3 is 0 Å². The summed E-state index contributed by atoms with van der Waals surface area (Å²) < 4.78 is 0. The molecule has 0 unspecified atom stereocenters. The molecule has 0 aromatic carbocycles. The maximum Gasteiger partial charge on any atom is 0.242 e. The minimum atomic E-state index is 0.128. The Hall–Kier alpha value is -1.56. The summed E-state index contributed by atoms with van der Waals surface area (Å²) in [5.74, 6) is 1.48. The second-order valence-electron chi connectivity index (χ2n) is 5.97. The predicted octanol–water partition coefficient (Wildman–Crippen LogP) is 1.84. The van der Waals surface area contributed by atoms with E-state index < -0.39 is 0 Å². The molecule has 5 nitrogen and oxygen atoms in total. The SMILES string of the molecule is CN=C(NCCC(C)C)NCC(=O)N1CCc2sccc2C1. The zero-order valence-corrected chi connectivity index (χ0v) is 14.5. The lowest BCUT2D eigenvalue weighted by atomic mass is 10.1. The highest BCUT2D eigenvalue weighted by atomic mass is 32.1. The van der Waals surface area contributed by atoms with Crippen molar-refractivity contribution in [3.63, 3.8) is 0 Å². The van der Waals surface area contributed by atoms with Gasteiger partial charge in [-0.05, 0) is 35.8 Å². The molecule has 2 rings (SSSR count). The number of nitrogens with zero attached hydrogens (tertiary/aromatic N) is 2. The van der Waals surface area contributed by atoms with E-state index in [0.717, 1.165) is 32.5 Å². The Bertz CT molecular complexity index is 524. The quantitative estimate of drug-likeness (QED) is 0.642. The molecule has 0 saturated heterocycles.